The van der Waals surface area contributed by atoms with E-state index >= 15 is 0 Å². The van der Waals surface area contributed by atoms with Gasteiger partial charge in [0.2, 0.25) is 0 Å². The number of carboxylic acids is 1. The fourth-order valence-corrected chi connectivity index (χ4v) is 3.44. The summed E-state index contributed by atoms with van der Waals surface area (Å²) in [5.41, 5.74) is 2.71. The van der Waals surface area contributed by atoms with Gasteiger partial charge in [-0.25, -0.2) is 0 Å². The highest BCUT2D eigenvalue weighted by Gasteiger charge is 2.21. The van der Waals surface area contributed by atoms with Crippen molar-refractivity contribution in [3.8, 4) is 5.75 Å². The zero-order valence-electron chi connectivity index (χ0n) is 16.3. The van der Waals surface area contributed by atoms with Gasteiger partial charge in [0.05, 0.1) is 24.6 Å². The molecule has 150 valence electrons. The molecular weight excluding hydrogens is 370 g/mol. The molecule has 0 radical (unpaired) electrons. The summed E-state index contributed by atoms with van der Waals surface area (Å²) in [6, 6.07) is 14.3. The molecule has 1 heterocycles. The second-order valence-corrected chi connectivity index (χ2v) is 7.29. The second-order valence-electron chi connectivity index (χ2n) is 7.29. The fourth-order valence-electron chi connectivity index (χ4n) is 3.44. The molecule has 0 spiro atoms. The van der Waals surface area contributed by atoms with Gasteiger partial charge in [0.1, 0.15) is 12.4 Å². The molecule has 0 unspecified atom stereocenters. The molecule has 4 rings (SSSR count). The Morgan fingerprint density at radius 2 is 1.86 bits per heavy atom. The van der Waals surface area contributed by atoms with E-state index in [0.717, 1.165) is 23.9 Å². The van der Waals surface area contributed by atoms with E-state index in [0.29, 0.717) is 41.7 Å². The summed E-state index contributed by atoms with van der Waals surface area (Å²) < 4.78 is 12.8. The van der Waals surface area contributed by atoms with Crippen molar-refractivity contribution in [2.45, 2.75) is 32.3 Å². The number of hydrogen-bond acceptors (Lipinski definition) is 4. The predicted molar refractivity (Wildman–Crippen MR) is 109 cm³/mol. The van der Waals surface area contributed by atoms with E-state index in [-0.39, 0.29) is 12.3 Å². The summed E-state index contributed by atoms with van der Waals surface area (Å²) in [5, 5.41) is 9.92. The maximum atomic E-state index is 13.1. The molecule has 1 N–H and O–H groups in total. The molecule has 1 aromatic heterocycles. The Balaban J connectivity index is 1.52. The number of aromatic nitrogens is 1. The van der Waals surface area contributed by atoms with Gasteiger partial charge in [-0.05, 0) is 61.7 Å². The van der Waals surface area contributed by atoms with Gasteiger partial charge in [0, 0.05) is 16.6 Å². The first kappa shape index (κ1) is 19.2. The lowest BCUT2D eigenvalue weighted by molar-refractivity contribution is -0.136. The fraction of sp³-hybridized carbons (Fsp3) is 0.304. The van der Waals surface area contributed by atoms with Crippen LogP contribution in [0.3, 0.4) is 0 Å². The Morgan fingerprint density at radius 1 is 1.10 bits per heavy atom. The molecule has 2 aromatic carbocycles. The largest absolute Gasteiger partial charge is 0.491 e. The SMILES string of the molecule is Cc1cc2c(CC(=O)O)cccc2n1C(=O)c1ccc(OCCOC2CC2)cc1. The normalized spacial score (nSPS) is 13.6. The summed E-state index contributed by atoms with van der Waals surface area (Å²) in [4.78, 5) is 24.2. The van der Waals surface area contributed by atoms with E-state index < -0.39 is 5.97 Å². The Hall–Kier alpha value is -3.12. The van der Waals surface area contributed by atoms with Gasteiger partial charge in [0.15, 0.2) is 0 Å². The molecule has 29 heavy (non-hydrogen) atoms. The standard InChI is InChI=1S/C23H23NO5/c1-15-13-20-17(14-22(25)26)3-2-4-21(20)24(15)23(27)16-5-7-18(8-6-16)28-11-12-29-19-9-10-19/h2-8,13,19H,9-12,14H2,1H3,(H,25,26). The summed E-state index contributed by atoms with van der Waals surface area (Å²) in [7, 11) is 0. The van der Waals surface area contributed by atoms with Crippen LogP contribution in [0.5, 0.6) is 5.75 Å². The van der Waals surface area contributed by atoms with Crippen LogP contribution in [0.25, 0.3) is 10.9 Å². The Morgan fingerprint density at radius 3 is 2.55 bits per heavy atom. The minimum absolute atomic E-state index is 0.0779. The average molecular weight is 393 g/mol. The van der Waals surface area contributed by atoms with Crippen LogP contribution in [0, 0.1) is 6.92 Å². The number of carbonyl (C=O) groups excluding carboxylic acids is 1. The van der Waals surface area contributed by atoms with Gasteiger partial charge in [-0.1, -0.05) is 12.1 Å². The lowest BCUT2D eigenvalue weighted by Gasteiger charge is -2.10. The number of carbonyl (C=O) groups is 2. The Labute approximate surface area is 168 Å². The van der Waals surface area contributed by atoms with Gasteiger partial charge in [-0.3, -0.25) is 14.2 Å². The maximum absolute atomic E-state index is 13.1. The number of nitrogens with zero attached hydrogens (tertiary/aromatic N) is 1. The molecule has 6 nitrogen and oxygen atoms in total. The Bertz CT molecular complexity index is 1050. The van der Waals surface area contributed by atoms with E-state index in [4.69, 9.17) is 14.6 Å². The highest BCUT2D eigenvalue weighted by atomic mass is 16.5. The van der Waals surface area contributed by atoms with E-state index in [1.165, 1.54) is 0 Å². The average Bonchev–Trinajstić information content (AvgIpc) is 3.46. The lowest BCUT2D eigenvalue weighted by atomic mass is 10.1. The molecule has 1 aliphatic rings. The minimum atomic E-state index is -0.896. The molecule has 0 bridgehead atoms. The monoisotopic (exact) mass is 393 g/mol. The van der Waals surface area contributed by atoms with E-state index in [1.807, 2.05) is 19.1 Å². The lowest BCUT2D eigenvalue weighted by Crippen LogP contribution is -2.13. The maximum Gasteiger partial charge on any atom is 0.307 e. The molecule has 3 aromatic rings. The van der Waals surface area contributed by atoms with Crippen LogP contribution in [-0.4, -0.2) is 40.9 Å². The smallest absolute Gasteiger partial charge is 0.307 e. The van der Waals surface area contributed by atoms with Crippen LogP contribution in [0.15, 0.2) is 48.5 Å². The Kier molecular flexibility index (Phi) is 5.36. The van der Waals surface area contributed by atoms with Crippen LogP contribution < -0.4 is 4.74 Å². The van der Waals surface area contributed by atoms with E-state index in [2.05, 4.69) is 0 Å². The summed E-state index contributed by atoms with van der Waals surface area (Å²) in [5.74, 6) is -0.361. The number of benzene rings is 2. The molecule has 1 aliphatic carbocycles. The predicted octanol–water partition coefficient (Wildman–Crippen LogP) is 3.82. The van der Waals surface area contributed by atoms with Crippen molar-refractivity contribution in [1.29, 1.82) is 0 Å². The van der Waals surface area contributed by atoms with E-state index in [1.54, 1.807) is 41.0 Å². The molecule has 0 saturated heterocycles. The minimum Gasteiger partial charge on any atom is -0.491 e. The zero-order chi connectivity index (χ0) is 20.4. The summed E-state index contributed by atoms with van der Waals surface area (Å²) >= 11 is 0. The quantitative estimate of drug-likeness (QED) is 0.589. The topological polar surface area (TPSA) is 77.8 Å². The van der Waals surface area contributed by atoms with Crippen LogP contribution in [0.1, 0.15) is 34.5 Å². The van der Waals surface area contributed by atoms with Gasteiger partial charge in [-0.2, -0.15) is 0 Å². The van der Waals surface area contributed by atoms with Crippen molar-refractivity contribution < 1.29 is 24.2 Å². The van der Waals surface area contributed by atoms with Crippen molar-refractivity contribution in [1.82, 2.24) is 4.57 Å². The van der Waals surface area contributed by atoms with Gasteiger partial charge < -0.3 is 14.6 Å². The molecular formula is C23H23NO5. The van der Waals surface area contributed by atoms with Crippen LogP contribution >= 0.6 is 0 Å². The third-order valence-electron chi connectivity index (χ3n) is 5.00. The summed E-state index contributed by atoms with van der Waals surface area (Å²) in [6.07, 6.45) is 2.62. The first-order valence-electron chi connectivity index (χ1n) is 9.74. The molecule has 0 atom stereocenters. The zero-order valence-corrected chi connectivity index (χ0v) is 16.3. The van der Waals surface area contributed by atoms with Gasteiger partial charge in [0.25, 0.3) is 5.91 Å². The second kappa shape index (κ2) is 8.09. The van der Waals surface area contributed by atoms with Crippen molar-refractivity contribution in [2.24, 2.45) is 0 Å². The molecule has 1 fully saturated rings. The summed E-state index contributed by atoms with van der Waals surface area (Å²) in [6.45, 7) is 2.90. The van der Waals surface area contributed by atoms with Crippen molar-refractivity contribution in [3.05, 3.63) is 65.4 Å². The number of hydrogen-bond donors (Lipinski definition) is 1. The van der Waals surface area contributed by atoms with Crippen LogP contribution in [0.2, 0.25) is 0 Å². The van der Waals surface area contributed by atoms with Crippen molar-refractivity contribution >= 4 is 22.8 Å². The van der Waals surface area contributed by atoms with E-state index in [9.17, 15) is 9.59 Å². The van der Waals surface area contributed by atoms with Crippen molar-refractivity contribution in [2.75, 3.05) is 13.2 Å². The number of fused-ring (bicyclic) bond motifs is 1. The first-order valence-corrected chi connectivity index (χ1v) is 9.74. The number of aliphatic carboxylic acids is 1. The third kappa shape index (κ3) is 4.32. The van der Waals surface area contributed by atoms with Gasteiger partial charge >= 0.3 is 5.97 Å². The van der Waals surface area contributed by atoms with Crippen molar-refractivity contribution in [3.63, 3.8) is 0 Å². The first-order chi connectivity index (χ1) is 14.0. The number of ether oxygens (including phenoxy) is 2. The highest BCUT2D eigenvalue weighted by molar-refractivity contribution is 6.04. The van der Waals surface area contributed by atoms with Crippen LogP contribution in [-0.2, 0) is 16.0 Å². The third-order valence-corrected chi connectivity index (χ3v) is 5.00. The molecule has 0 amide bonds. The molecule has 6 heteroatoms. The van der Waals surface area contributed by atoms with Crippen LogP contribution in [0.4, 0.5) is 0 Å². The number of carboxylic acid groups (broad SMARTS) is 1. The number of aryl methyl sites for hydroxylation is 1. The molecule has 0 aliphatic heterocycles. The molecule has 1 saturated carbocycles. The van der Waals surface area contributed by atoms with Gasteiger partial charge in [-0.15, -0.1) is 0 Å². The highest BCUT2D eigenvalue weighted by Crippen LogP contribution is 2.26. The number of rotatable bonds is 8.